The number of hydrogen-bond donors (Lipinski definition) is 0. The predicted molar refractivity (Wildman–Crippen MR) is 56.9 cm³/mol. The molecule has 1 atom stereocenters. The smallest absolute Gasteiger partial charge is 0.338 e. The summed E-state index contributed by atoms with van der Waals surface area (Å²) in [5.74, 6) is -0.660. The van der Waals surface area contributed by atoms with Crippen molar-refractivity contribution >= 4 is 12.3 Å². The Morgan fingerprint density at radius 3 is 2.73 bits per heavy atom. The maximum Gasteiger partial charge on any atom is 0.338 e. The Morgan fingerprint density at radius 2 is 2.13 bits per heavy atom. The molecule has 1 rings (SSSR count). The van der Waals surface area contributed by atoms with Crippen LogP contribution in [-0.4, -0.2) is 18.9 Å². The lowest BCUT2D eigenvalue weighted by molar-refractivity contribution is -0.108. The minimum absolute atomic E-state index is 0.286. The second-order valence-electron chi connectivity index (χ2n) is 3.23. The average molecular weight is 206 g/mol. The molecule has 1 aromatic rings. The van der Waals surface area contributed by atoms with E-state index >= 15 is 0 Å². The standard InChI is InChI=1S/C12H14O3/c1-3-15-12(14)11-7-5-4-6-10(11)9(2)8-13/h4-9H,3H2,1-2H3. The number of benzene rings is 1. The van der Waals surface area contributed by atoms with Gasteiger partial charge >= 0.3 is 5.97 Å². The third-order valence-electron chi connectivity index (χ3n) is 2.15. The lowest BCUT2D eigenvalue weighted by Crippen LogP contribution is -2.10. The van der Waals surface area contributed by atoms with Crippen molar-refractivity contribution in [1.82, 2.24) is 0 Å². The molecule has 0 spiro atoms. The van der Waals surface area contributed by atoms with Crippen LogP contribution in [0.5, 0.6) is 0 Å². The van der Waals surface area contributed by atoms with Crippen LogP contribution in [0.25, 0.3) is 0 Å². The van der Waals surface area contributed by atoms with Crippen LogP contribution in [0.4, 0.5) is 0 Å². The molecule has 0 N–H and O–H groups in total. The van der Waals surface area contributed by atoms with Crippen molar-refractivity contribution in [3.63, 3.8) is 0 Å². The van der Waals surface area contributed by atoms with E-state index in [2.05, 4.69) is 0 Å². The molecule has 0 aromatic heterocycles. The zero-order valence-corrected chi connectivity index (χ0v) is 8.90. The van der Waals surface area contributed by atoms with Crippen molar-refractivity contribution in [2.45, 2.75) is 19.8 Å². The maximum absolute atomic E-state index is 11.5. The van der Waals surface area contributed by atoms with Crippen molar-refractivity contribution in [3.8, 4) is 0 Å². The molecule has 0 aliphatic rings. The van der Waals surface area contributed by atoms with Gasteiger partial charge in [0.2, 0.25) is 0 Å². The Bertz CT molecular complexity index is 358. The molecule has 0 amide bonds. The number of ether oxygens (including phenoxy) is 1. The first kappa shape index (κ1) is 11.4. The molecule has 1 aromatic carbocycles. The van der Waals surface area contributed by atoms with Gasteiger partial charge in [0.15, 0.2) is 0 Å². The molecule has 0 heterocycles. The molecular formula is C12H14O3. The zero-order valence-electron chi connectivity index (χ0n) is 8.90. The molecular weight excluding hydrogens is 192 g/mol. The molecule has 0 bridgehead atoms. The van der Waals surface area contributed by atoms with Crippen LogP contribution in [0.15, 0.2) is 24.3 Å². The molecule has 3 nitrogen and oxygen atoms in total. The molecule has 3 heteroatoms. The minimum Gasteiger partial charge on any atom is -0.462 e. The van der Waals surface area contributed by atoms with E-state index in [1.165, 1.54) is 0 Å². The van der Waals surface area contributed by atoms with E-state index in [4.69, 9.17) is 4.74 Å². The fourth-order valence-corrected chi connectivity index (χ4v) is 1.36. The van der Waals surface area contributed by atoms with E-state index < -0.39 is 0 Å². The van der Waals surface area contributed by atoms with Crippen molar-refractivity contribution in [3.05, 3.63) is 35.4 Å². The van der Waals surface area contributed by atoms with Gasteiger partial charge in [-0.2, -0.15) is 0 Å². The third kappa shape index (κ3) is 2.65. The average Bonchev–Trinajstić information content (AvgIpc) is 2.28. The summed E-state index contributed by atoms with van der Waals surface area (Å²) in [4.78, 5) is 22.2. The van der Waals surface area contributed by atoms with E-state index in [9.17, 15) is 9.59 Å². The monoisotopic (exact) mass is 206 g/mol. The summed E-state index contributed by atoms with van der Waals surface area (Å²) in [5, 5.41) is 0. The van der Waals surface area contributed by atoms with Gasteiger partial charge in [-0.25, -0.2) is 4.79 Å². The topological polar surface area (TPSA) is 43.4 Å². The molecule has 0 aliphatic heterocycles. The van der Waals surface area contributed by atoms with Crippen LogP contribution in [-0.2, 0) is 9.53 Å². The molecule has 80 valence electrons. The summed E-state index contributed by atoms with van der Waals surface area (Å²) in [6.45, 7) is 3.84. The minimum atomic E-state index is -0.373. The molecule has 1 unspecified atom stereocenters. The van der Waals surface area contributed by atoms with Crippen molar-refractivity contribution in [1.29, 1.82) is 0 Å². The van der Waals surface area contributed by atoms with Crippen LogP contribution in [0.2, 0.25) is 0 Å². The highest BCUT2D eigenvalue weighted by Crippen LogP contribution is 2.18. The van der Waals surface area contributed by atoms with E-state index in [0.717, 1.165) is 6.29 Å². The number of rotatable bonds is 4. The van der Waals surface area contributed by atoms with Crippen molar-refractivity contribution in [2.24, 2.45) is 0 Å². The molecule has 0 saturated heterocycles. The molecule has 0 radical (unpaired) electrons. The van der Waals surface area contributed by atoms with Gasteiger partial charge in [0, 0.05) is 5.92 Å². The number of carbonyl (C=O) groups excluding carboxylic acids is 2. The van der Waals surface area contributed by atoms with Gasteiger partial charge in [0.05, 0.1) is 12.2 Å². The lowest BCUT2D eigenvalue weighted by atomic mass is 9.97. The fourth-order valence-electron chi connectivity index (χ4n) is 1.36. The number of esters is 1. The largest absolute Gasteiger partial charge is 0.462 e. The quantitative estimate of drug-likeness (QED) is 0.560. The van der Waals surface area contributed by atoms with E-state index in [0.29, 0.717) is 17.7 Å². The van der Waals surface area contributed by atoms with E-state index in [1.54, 1.807) is 38.1 Å². The maximum atomic E-state index is 11.5. The first-order valence-corrected chi connectivity index (χ1v) is 4.92. The van der Waals surface area contributed by atoms with Crippen molar-refractivity contribution < 1.29 is 14.3 Å². The predicted octanol–water partition coefficient (Wildman–Crippen LogP) is 2.17. The van der Waals surface area contributed by atoms with Gasteiger partial charge in [-0.05, 0) is 18.6 Å². The summed E-state index contributed by atoms with van der Waals surface area (Å²) >= 11 is 0. The van der Waals surface area contributed by atoms with Gasteiger partial charge in [-0.15, -0.1) is 0 Å². The van der Waals surface area contributed by atoms with Crippen LogP contribution in [0, 0.1) is 0 Å². The van der Waals surface area contributed by atoms with Crippen LogP contribution in [0.1, 0.15) is 35.7 Å². The Hall–Kier alpha value is -1.64. The molecule has 15 heavy (non-hydrogen) atoms. The number of aldehydes is 1. The molecule has 0 aliphatic carbocycles. The highest BCUT2D eigenvalue weighted by atomic mass is 16.5. The first-order valence-electron chi connectivity index (χ1n) is 4.92. The lowest BCUT2D eigenvalue weighted by Gasteiger charge is -2.10. The number of hydrogen-bond acceptors (Lipinski definition) is 3. The summed E-state index contributed by atoms with van der Waals surface area (Å²) in [7, 11) is 0. The van der Waals surface area contributed by atoms with Gasteiger partial charge in [0.1, 0.15) is 6.29 Å². The van der Waals surface area contributed by atoms with Crippen LogP contribution >= 0.6 is 0 Å². The van der Waals surface area contributed by atoms with Gasteiger partial charge < -0.3 is 9.53 Å². The Kier molecular flexibility index (Phi) is 4.03. The second kappa shape index (κ2) is 5.29. The SMILES string of the molecule is CCOC(=O)c1ccccc1C(C)C=O. The van der Waals surface area contributed by atoms with Gasteiger partial charge in [0.25, 0.3) is 0 Å². The van der Waals surface area contributed by atoms with Gasteiger partial charge in [-0.3, -0.25) is 0 Å². The van der Waals surface area contributed by atoms with Crippen LogP contribution in [0.3, 0.4) is 0 Å². The summed E-state index contributed by atoms with van der Waals surface area (Å²) < 4.78 is 4.91. The van der Waals surface area contributed by atoms with E-state index in [-0.39, 0.29) is 11.9 Å². The zero-order chi connectivity index (χ0) is 11.3. The van der Waals surface area contributed by atoms with E-state index in [1.807, 2.05) is 0 Å². The van der Waals surface area contributed by atoms with Gasteiger partial charge in [-0.1, -0.05) is 25.1 Å². The third-order valence-corrected chi connectivity index (χ3v) is 2.15. The molecule has 0 saturated carbocycles. The first-order chi connectivity index (χ1) is 7.20. The Labute approximate surface area is 89.1 Å². The highest BCUT2D eigenvalue weighted by Gasteiger charge is 2.15. The summed E-state index contributed by atoms with van der Waals surface area (Å²) in [5.41, 5.74) is 1.19. The Morgan fingerprint density at radius 1 is 1.47 bits per heavy atom. The fraction of sp³-hybridized carbons (Fsp3) is 0.333. The van der Waals surface area contributed by atoms with Crippen LogP contribution < -0.4 is 0 Å². The normalized spacial score (nSPS) is 11.9. The molecule has 0 fully saturated rings. The Balaban J connectivity index is 3.05. The van der Waals surface area contributed by atoms with Crippen molar-refractivity contribution in [2.75, 3.05) is 6.61 Å². The second-order valence-corrected chi connectivity index (χ2v) is 3.23. The summed E-state index contributed by atoms with van der Waals surface area (Å²) in [6.07, 6.45) is 0.818. The summed E-state index contributed by atoms with van der Waals surface area (Å²) in [6, 6.07) is 7.00. The number of carbonyl (C=O) groups is 2. The highest BCUT2D eigenvalue weighted by molar-refractivity contribution is 5.92.